The predicted octanol–water partition coefficient (Wildman–Crippen LogP) is 6.60. The predicted molar refractivity (Wildman–Crippen MR) is 111 cm³/mol. The lowest BCUT2D eigenvalue weighted by Gasteiger charge is -2.30. The Morgan fingerprint density at radius 2 is 1.28 bits per heavy atom. The lowest BCUT2D eigenvalue weighted by molar-refractivity contribution is 0.189. The van der Waals surface area contributed by atoms with Gasteiger partial charge in [0.1, 0.15) is 0 Å². The average molecular weight is 350 g/mol. The molecule has 0 aromatic heterocycles. The molecule has 0 radical (unpaired) electrons. The van der Waals surface area contributed by atoms with Crippen LogP contribution in [0.15, 0.2) is 23.9 Å². The number of aliphatic hydroxyl groups excluding tert-OH is 1. The van der Waals surface area contributed by atoms with E-state index in [1.807, 2.05) is 0 Å². The van der Waals surface area contributed by atoms with Crippen LogP contribution in [0, 0.1) is 0 Å². The van der Waals surface area contributed by atoms with Gasteiger partial charge < -0.3 is 10.0 Å². The quantitative estimate of drug-likeness (QED) is 0.317. The van der Waals surface area contributed by atoms with E-state index in [0.29, 0.717) is 0 Å². The van der Waals surface area contributed by atoms with E-state index in [2.05, 4.69) is 37.1 Å². The van der Waals surface area contributed by atoms with E-state index in [9.17, 15) is 5.11 Å². The van der Waals surface area contributed by atoms with Crippen molar-refractivity contribution in [2.75, 3.05) is 13.2 Å². The summed E-state index contributed by atoms with van der Waals surface area (Å²) in [7, 11) is 0. The van der Waals surface area contributed by atoms with Crippen molar-refractivity contribution in [2.45, 2.75) is 110 Å². The van der Waals surface area contributed by atoms with Gasteiger partial charge >= 0.3 is 0 Å². The van der Waals surface area contributed by atoms with Crippen molar-refractivity contribution in [3.63, 3.8) is 0 Å². The zero-order valence-electron chi connectivity index (χ0n) is 17.0. The van der Waals surface area contributed by atoms with Crippen LogP contribution < -0.4 is 0 Å². The number of hydrogen-bond acceptors (Lipinski definition) is 2. The maximum atomic E-state index is 9.44. The molecule has 0 amide bonds. The molecule has 0 bridgehead atoms. The molecule has 1 rings (SSSR count). The third-order valence-electron chi connectivity index (χ3n) is 5.33. The molecule has 1 unspecified atom stereocenters. The van der Waals surface area contributed by atoms with Gasteiger partial charge in [0.15, 0.2) is 0 Å². The first kappa shape index (κ1) is 22.3. The van der Waals surface area contributed by atoms with Gasteiger partial charge in [-0.2, -0.15) is 0 Å². The van der Waals surface area contributed by atoms with Crippen molar-refractivity contribution in [2.24, 2.45) is 0 Å². The van der Waals surface area contributed by atoms with Gasteiger partial charge in [-0.1, -0.05) is 103 Å². The first-order valence-electron chi connectivity index (χ1n) is 11.0. The van der Waals surface area contributed by atoms with Crippen LogP contribution in [0.5, 0.6) is 0 Å². The number of nitrogens with zero attached hydrogens (tertiary/aromatic N) is 1. The number of unbranched alkanes of at least 4 members (excludes halogenated alkanes) is 13. The SMILES string of the molecule is CCCCCCCCCCCCCCCCN1C=C(C)C=CC1CO. The minimum absolute atomic E-state index is 0.186. The van der Waals surface area contributed by atoms with Crippen LogP contribution in [0.2, 0.25) is 0 Å². The lowest BCUT2D eigenvalue weighted by atomic mass is 10.0. The highest BCUT2D eigenvalue weighted by Gasteiger charge is 2.14. The van der Waals surface area contributed by atoms with E-state index < -0.39 is 0 Å². The van der Waals surface area contributed by atoms with Gasteiger partial charge in [-0.25, -0.2) is 0 Å². The van der Waals surface area contributed by atoms with Crippen LogP contribution in [0.25, 0.3) is 0 Å². The summed E-state index contributed by atoms with van der Waals surface area (Å²) in [6.07, 6.45) is 26.1. The third-order valence-corrected chi connectivity index (χ3v) is 5.33. The van der Waals surface area contributed by atoms with Crippen molar-refractivity contribution in [3.8, 4) is 0 Å². The van der Waals surface area contributed by atoms with Crippen molar-refractivity contribution >= 4 is 0 Å². The van der Waals surface area contributed by atoms with Crippen LogP contribution in [-0.2, 0) is 0 Å². The summed E-state index contributed by atoms with van der Waals surface area (Å²) in [6, 6.07) is 0.186. The highest BCUT2D eigenvalue weighted by molar-refractivity contribution is 5.22. The molecule has 25 heavy (non-hydrogen) atoms. The molecule has 0 fully saturated rings. The fraction of sp³-hybridized carbons (Fsp3) is 0.826. The van der Waals surface area contributed by atoms with Crippen LogP contribution in [-0.4, -0.2) is 29.2 Å². The third kappa shape index (κ3) is 11.5. The Morgan fingerprint density at radius 3 is 1.76 bits per heavy atom. The molecular formula is C23H43NO. The van der Waals surface area contributed by atoms with Crippen LogP contribution in [0.4, 0.5) is 0 Å². The van der Waals surface area contributed by atoms with Gasteiger partial charge in [0, 0.05) is 12.7 Å². The number of allylic oxidation sites excluding steroid dienone is 2. The molecule has 0 saturated carbocycles. The van der Waals surface area contributed by atoms with E-state index in [1.165, 1.54) is 95.5 Å². The fourth-order valence-corrected chi connectivity index (χ4v) is 3.66. The van der Waals surface area contributed by atoms with Gasteiger partial charge in [0.25, 0.3) is 0 Å². The van der Waals surface area contributed by atoms with Gasteiger partial charge in [-0.15, -0.1) is 0 Å². The van der Waals surface area contributed by atoms with Crippen LogP contribution >= 0.6 is 0 Å². The highest BCUT2D eigenvalue weighted by Crippen LogP contribution is 2.16. The van der Waals surface area contributed by atoms with Gasteiger partial charge in [-0.05, 0) is 18.9 Å². The smallest absolute Gasteiger partial charge is 0.0702 e. The Bertz CT molecular complexity index is 361. The summed E-state index contributed by atoms with van der Waals surface area (Å²) in [6.45, 7) is 5.71. The molecule has 0 aliphatic carbocycles. The van der Waals surface area contributed by atoms with Gasteiger partial charge in [0.2, 0.25) is 0 Å². The molecule has 1 N–H and O–H groups in total. The molecule has 0 spiro atoms. The van der Waals surface area contributed by atoms with Crippen LogP contribution in [0.1, 0.15) is 104 Å². The zero-order valence-corrected chi connectivity index (χ0v) is 17.0. The van der Waals surface area contributed by atoms with E-state index in [0.717, 1.165) is 6.54 Å². The topological polar surface area (TPSA) is 23.5 Å². The fourth-order valence-electron chi connectivity index (χ4n) is 3.66. The summed E-state index contributed by atoms with van der Waals surface area (Å²) < 4.78 is 0. The first-order chi connectivity index (χ1) is 12.3. The molecule has 1 heterocycles. The minimum Gasteiger partial charge on any atom is -0.394 e. The minimum atomic E-state index is 0.186. The molecular weight excluding hydrogens is 306 g/mol. The highest BCUT2D eigenvalue weighted by atomic mass is 16.3. The second-order valence-electron chi connectivity index (χ2n) is 7.82. The van der Waals surface area contributed by atoms with Crippen molar-refractivity contribution in [3.05, 3.63) is 23.9 Å². The summed E-state index contributed by atoms with van der Waals surface area (Å²) in [5, 5.41) is 9.44. The summed E-state index contributed by atoms with van der Waals surface area (Å²) in [4.78, 5) is 2.30. The van der Waals surface area contributed by atoms with Crippen molar-refractivity contribution < 1.29 is 5.11 Å². The Hall–Kier alpha value is -0.760. The van der Waals surface area contributed by atoms with E-state index in [1.54, 1.807) is 0 Å². The van der Waals surface area contributed by atoms with E-state index in [-0.39, 0.29) is 12.6 Å². The molecule has 2 nitrogen and oxygen atoms in total. The van der Waals surface area contributed by atoms with E-state index >= 15 is 0 Å². The lowest BCUT2D eigenvalue weighted by Crippen LogP contribution is -2.34. The molecule has 1 atom stereocenters. The summed E-state index contributed by atoms with van der Waals surface area (Å²) in [5.74, 6) is 0. The molecule has 0 aromatic rings. The first-order valence-corrected chi connectivity index (χ1v) is 11.0. The largest absolute Gasteiger partial charge is 0.394 e. The normalized spacial score (nSPS) is 17.2. The van der Waals surface area contributed by atoms with Gasteiger partial charge in [-0.3, -0.25) is 0 Å². The second kappa shape index (κ2) is 15.5. The Morgan fingerprint density at radius 1 is 0.800 bits per heavy atom. The van der Waals surface area contributed by atoms with Crippen molar-refractivity contribution in [1.29, 1.82) is 0 Å². The maximum absolute atomic E-state index is 9.44. The standard InChI is InChI=1S/C23H43NO/c1-3-4-5-6-7-8-9-10-11-12-13-14-15-16-19-24-20-22(2)17-18-23(24)21-25/h17-18,20,23,25H,3-16,19,21H2,1-2H3. The maximum Gasteiger partial charge on any atom is 0.0702 e. The molecule has 1 aliphatic heterocycles. The summed E-state index contributed by atoms with van der Waals surface area (Å²) >= 11 is 0. The molecule has 0 aromatic carbocycles. The molecule has 146 valence electrons. The van der Waals surface area contributed by atoms with E-state index in [4.69, 9.17) is 0 Å². The van der Waals surface area contributed by atoms with Crippen LogP contribution in [0.3, 0.4) is 0 Å². The number of aliphatic hydroxyl groups is 1. The number of rotatable bonds is 16. The summed E-state index contributed by atoms with van der Waals surface area (Å²) in [5.41, 5.74) is 1.29. The van der Waals surface area contributed by atoms with Crippen molar-refractivity contribution in [1.82, 2.24) is 4.90 Å². The molecule has 0 saturated heterocycles. The molecule has 2 heteroatoms. The monoisotopic (exact) mass is 349 g/mol. The number of hydrogen-bond donors (Lipinski definition) is 1. The molecule has 1 aliphatic rings. The van der Waals surface area contributed by atoms with Gasteiger partial charge in [0.05, 0.1) is 12.6 Å². The second-order valence-corrected chi connectivity index (χ2v) is 7.82. The average Bonchev–Trinajstić information content (AvgIpc) is 2.62. The Labute approximate surface area is 157 Å². The zero-order chi connectivity index (χ0) is 18.2. The Balaban J connectivity index is 1.85. The Kier molecular flexibility index (Phi) is 13.8.